The first-order chi connectivity index (χ1) is 12.4. The summed E-state index contributed by atoms with van der Waals surface area (Å²) in [6.45, 7) is 3.25. The van der Waals surface area contributed by atoms with Crippen LogP contribution in [0.1, 0.15) is 21.7 Å². The number of sulfonamides is 1. The zero-order valence-corrected chi connectivity index (χ0v) is 16.1. The molecule has 0 radical (unpaired) electrons. The summed E-state index contributed by atoms with van der Waals surface area (Å²) in [5, 5.41) is 0. The number of anilines is 1. The Morgan fingerprint density at radius 2 is 1.67 bits per heavy atom. The zero-order chi connectivity index (χ0) is 20.5. The first kappa shape index (κ1) is 20.5. The van der Waals surface area contributed by atoms with E-state index in [0.29, 0.717) is 29.5 Å². The van der Waals surface area contributed by atoms with Gasteiger partial charge in [0.15, 0.2) is 17.3 Å². The molecule has 8 nitrogen and oxygen atoms in total. The monoisotopic (exact) mass is 400 g/mol. The van der Waals surface area contributed by atoms with Crippen LogP contribution in [0.5, 0.6) is 11.5 Å². The molecular weight excluding hydrogens is 382 g/mol. The summed E-state index contributed by atoms with van der Waals surface area (Å²) < 4.78 is 57.6. The highest BCUT2D eigenvalue weighted by molar-refractivity contribution is 7.89. The average Bonchev–Trinajstić information content (AvgIpc) is 2.51. The van der Waals surface area contributed by atoms with E-state index in [9.17, 15) is 22.0 Å². The highest BCUT2D eigenvalue weighted by Gasteiger charge is 2.21. The maximum atomic E-state index is 14.3. The Morgan fingerprint density at radius 3 is 2.15 bits per heavy atom. The Hall–Kier alpha value is -2.82. The number of benzene rings is 1. The van der Waals surface area contributed by atoms with E-state index in [2.05, 4.69) is 9.97 Å². The maximum Gasteiger partial charge on any atom is 0.267 e. The number of carbonyl (C=O) groups excluding carboxylic acids is 1. The zero-order valence-electron chi connectivity index (χ0n) is 15.3. The van der Waals surface area contributed by atoms with Crippen LogP contribution in [-0.4, -0.2) is 44.6 Å². The highest BCUT2D eigenvalue weighted by atomic mass is 32.2. The lowest BCUT2D eigenvalue weighted by atomic mass is 10.2. The van der Waals surface area contributed by atoms with Crippen molar-refractivity contribution in [2.24, 2.45) is 0 Å². The van der Waals surface area contributed by atoms with Gasteiger partial charge in [-0.3, -0.25) is 4.79 Å². The Morgan fingerprint density at radius 1 is 1.11 bits per heavy atom. The molecule has 0 saturated heterocycles. The van der Waals surface area contributed by atoms with Gasteiger partial charge in [-0.2, -0.15) is 0 Å². The fourth-order valence-corrected chi connectivity index (χ4v) is 2.60. The lowest BCUT2D eigenvalue weighted by Gasteiger charge is -2.16. The van der Waals surface area contributed by atoms with E-state index in [1.165, 1.54) is 0 Å². The van der Waals surface area contributed by atoms with Crippen LogP contribution in [0.4, 0.5) is 14.7 Å². The normalized spacial score (nSPS) is 11.2. The smallest absolute Gasteiger partial charge is 0.267 e. The van der Waals surface area contributed by atoms with Gasteiger partial charge in [-0.1, -0.05) is 0 Å². The van der Waals surface area contributed by atoms with Crippen molar-refractivity contribution in [1.82, 2.24) is 14.7 Å². The molecule has 27 heavy (non-hydrogen) atoms. The number of carbonyl (C=O) groups is 1. The quantitative estimate of drug-likeness (QED) is 0.818. The standard InChI is InChI=1S/C16H18F2N4O4S/c1-8-14(9(2)20-16(19-8)22(3)4)26-13-7-11(17)10(6-12(13)18)15(23)21-27(5,24)25/h6-7H,1-5H3,(H,21,23). The van der Waals surface area contributed by atoms with Crippen LogP contribution in [0.15, 0.2) is 12.1 Å². The van der Waals surface area contributed by atoms with Gasteiger partial charge in [-0.05, 0) is 19.9 Å². The van der Waals surface area contributed by atoms with Crippen molar-refractivity contribution in [2.75, 3.05) is 25.3 Å². The summed E-state index contributed by atoms with van der Waals surface area (Å²) in [6.07, 6.45) is 0.722. The molecule has 0 aliphatic rings. The SMILES string of the molecule is Cc1nc(N(C)C)nc(C)c1Oc1cc(F)c(C(=O)NS(C)(=O)=O)cc1F. The minimum absolute atomic E-state index is 0.146. The molecule has 146 valence electrons. The van der Waals surface area contributed by atoms with Gasteiger partial charge in [0.25, 0.3) is 5.91 Å². The van der Waals surface area contributed by atoms with E-state index in [-0.39, 0.29) is 5.75 Å². The molecule has 0 spiro atoms. The summed E-state index contributed by atoms with van der Waals surface area (Å²) in [5.74, 6) is -3.40. The molecule has 1 aromatic carbocycles. The van der Waals surface area contributed by atoms with Crippen LogP contribution in [-0.2, 0) is 10.0 Å². The van der Waals surface area contributed by atoms with Crippen molar-refractivity contribution in [2.45, 2.75) is 13.8 Å². The fourth-order valence-electron chi connectivity index (χ4n) is 2.15. The molecule has 0 aliphatic heterocycles. The topological polar surface area (TPSA) is 101 Å². The number of amides is 1. The summed E-state index contributed by atoms with van der Waals surface area (Å²) in [6, 6.07) is 1.22. The Labute approximate surface area is 155 Å². The Bertz CT molecular complexity index is 987. The van der Waals surface area contributed by atoms with Crippen LogP contribution in [0.2, 0.25) is 0 Å². The van der Waals surface area contributed by atoms with E-state index >= 15 is 0 Å². The largest absolute Gasteiger partial charge is 0.450 e. The minimum Gasteiger partial charge on any atom is -0.450 e. The minimum atomic E-state index is -3.92. The third-order valence-electron chi connectivity index (χ3n) is 3.35. The number of halogens is 2. The fraction of sp³-hybridized carbons (Fsp3) is 0.312. The molecule has 1 aromatic heterocycles. The van der Waals surface area contributed by atoms with E-state index in [1.807, 2.05) is 0 Å². The van der Waals surface area contributed by atoms with E-state index in [4.69, 9.17) is 4.74 Å². The number of rotatable bonds is 5. The molecule has 0 fully saturated rings. The van der Waals surface area contributed by atoms with E-state index in [0.717, 1.165) is 6.26 Å². The predicted octanol–water partition coefficient (Wildman–Crippen LogP) is 1.92. The predicted molar refractivity (Wildman–Crippen MR) is 94.6 cm³/mol. The number of aromatic nitrogens is 2. The van der Waals surface area contributed by atoms with Crippen molar-refractivity contribution in [1.29, 1.82) is 0 Å². The second-order valence-corrected chi connectivity index (χ2v) is 7.73. The number of nitrogens with one attached hydrogen (secondary N) is 1. The molecular formula is C16H18F2N4O4S. The van der Waals surface area contributed by atoms with Crippen molar-refractivity contribution < 1.29 is 26.7 Å². The van der Waals surface area contributed by atoms with Crippen molar-refractivity contribution in [3.8, 4) is 11.5 Å². The van der Waals surface area contributed by atoms with Crippen molar-refractivity contribution in [3.05, 3.63) is 40.7 Å². The average molecular weight is 400 g/mol. The number of hydrogen-bond acceptors (Lipinski definition) is 7. The summed E-state index contributed by atoms with van der Waals surface area (Å²) >= 11 is 0. The van der Waals surface area contributed by atoms with Gasteiger partial charge in [-0.25, -0.2) is 31.9 Å². The molecule has 0 aliphatic carbocycles. The molecule has 2 rings (SSSR count). The van der Waals surface area contributed by atoms with E-state index < -0.39 is 38.9 Å². The van der Waals surface area contributed by atoms with Crippen LogP contribution in [0.3, 0.4) is 0 Å². The van der Waals surface area contributed by atoms with Crippen LogP contribution in [0, 0.1) is 25.5 Å². The Balaban J connectivity index is 2.39. The van der Waals surface area contributed by atoms with Gasteiger partial charge in [0.1, 0.15) is 5.82 Å². The molecule has 0 bridgehead atoms. The van der Waals surface area contributed by atoms with Gasteiger partial charge < -0.3 is 9.64 Å². The third kappa shape index (κ3) is 4.88. The van der Waals surface area contributed by atoms with Gasteiger partial charge >= 0.3 is 0 Å². The second-order valence-electron chi connectivity index (χ2n) is 5.99. The summed E-state index contributed by atoms with van der Waals surface area (Å²) in [7, 11) is -0.415. The van der Waals surface area contributed by atoms with Crippen molar-refractivity contribution in [3.63, 3.8) is 0 Å². The van der Waals surface area contributed by atoms with Crippen LogP contribution in [0.25, 0.3) is 0 Å². The second kappa shape index (κ2) is 7.43. The number of nitrogens with zero attached hydrogens (tertiary/aromatic N) is 3. The maximum absolute atomic E-state index is 14.3. The van der Waals surface area contributed by atoms with Crippen LogP contribution < -0.4 is 14.4 Å². The number of hydrogen-bond donors (Lipinski definition) is 1. The molecule has 0 unspecified atom stereocenters. The van der Waals surface area contributed by atoms with Crippen LogP contribution >= 0.6 is 0 Å². The molecule has 0 atom stereocenters. The van der Waals surface area contributed by atoms with Gasteiger partial charge in [-0.15, -0.1) is 0 Å². The number of aryl methyl sites for hydroxylation is 2. The first-order valence-corrected chi connectivity index (χ1v) is 9.49. The molecule has 1 heterocycles. The van der Waals surface area contributed by atoms with Gasteiger partial charge in [0, 0.05) is 20.2 Å². The molecule has 11 heteroatoms. The van der Waals surface area contributed by atoms with E-state index in [1.54, 1.807) is 37.6 Å². The lowest BCUT2D eigenvalue weighted by Crippen LogP contribution is -2.30. The molecule has 1 amide bonds. The molecule has 0 saturated carbocycles. The third-order valence-corrected chi connectivity index (χ3v) is 3.91. The Kier molecular flexibility index (Phi) is 5.64. The molecule has 1 N–H and O–H groups in total. The molecule has 2 aromatic rings. The lowest BCUT2D eigenvalue weighted by molar-refractivity contribution is 0.0977. The van der Waals surface area contributed by atoms with Gasteiger partial charge in [0.05, 0.1) is 23.2 Å². The van der Waals surface area contributed by atoms with Crippen molar-refractivity contribution >= 4 is 21.9 Å². The summed E-state index contributed by atoms with van der Waals surface area (Å²) in [5.41, 5.74) is 0.0488. The number of ether oxygens (including phenoxy) is 1. The highest BCUT2D eigenvalue weighted by Crippen LogP contribution is 2.31. The summed E-state index contributed by atoms with van der Waals surface area (Å²) in [4.78, 5) is 21.9. The van der Waals surface area contributed by atoms with Gasteiger partial charge in [0.2, 0.25) is 16.0 Å². The first-order valence-electron chi connectivity index (χ1n) is 7.60.